The number of sulfonamides is 1. The van der Waals surface area contributed by atoms with Crippen molar-refractivity contribution in [2.75, 3.05) is 11.8 Å². The Labute approximate surface area is 173 Å². The number of hydrogen-bond donors (Lipinski definition) is 1. The molecule has 0 aliphatic carbocycles. The lowest BCUT2D eigenvalue weighted by Gasteiger charge is -2.13. The molecule has 0 bridgehead atoms. The monoisotopic (exact) mass is 425 g/mol. The van der Waals surface area contributed by atoms with Gasteiger partial charge in [0.1, 0.15) is 5.75 Å². The predicted octanol–water partition coefficient (Wildman–Crippen LogP) is 4.76. The van der Waals surface area contributed by atoms with Gasteiger partial charge in [-0.1, -0.05) is 35.9 Å². The fourth-order valence-electron chi connectivity index (χ4n) is 3.04. The number of halogens is 1. The van der Waals surface area contributed by atoms with E-state index in [4.69, 9.17) is 16.3 Å². The molecule has 1 N–H and O–H groups in total. The summed E-state index contributed by atoms with van der Waals surface area (Å²) in [4.78, 5) is 8.32. The first-order valence-electron chi connectivity index (χ1n) is 8.65. The van der Waals surface area contributed by atoms with Gasteiger partial charge < -0.3 is 4.74 Å². The Morgan fingerprint density at radius 2 is 1.79 bits per heavy atom. The molecule has 6 nitrogen and oxygen atoms in total. The zero-order valence-electron chi connectivity index (χ0n) is 15.3. The number of methoxy groups -OCH3 is 1. The third-order valence-corrected chi connectivity index (χ3v) is 5.97. The Morgan fingerprint density at radius 3 is 2.52 bits per heavy atom. The average Bonchev–Trinajstić information content (AvgIpc) is 2.74. The van der Waals surface area contributed by atoms with Crippen molar-refractivity contribution >= 4 is 38.2 Å². The first-order valence-corrected chi connectivity index (χ1v) is 10.5. The summed E-state index contributed by atoms with van der Waals surface area (Å²) in [5, 5.41) is 1.21. The van der Waals surface area contributed by atoms with Crippen LogP contribution in [0.2, 0.25) is 5.02 Å². The van der Waals surface area contributed by atoms with Crippen molar-refractivity contribution in [2.45, 2.75) is 5.03 Å². The predicted molar refractivity (Wildman–Crippen MR) is 114 cm³/mol. The number of ether oxygens (including phenoxy) is 1. The molecule has 0 spiro atoms. The molecule has 4 rings (SSSR count). The number of rotatable bonds is 5. The number of nitrogens with zero attached hydrogens (tertiary/aromatic N) is 2. The topological polar surface area (TPSA) is 81.2 Å². The van der Waals surface area contributed by atoms with E-state index in [1.807, 2.05) is 18.2 Å². The molecule has 0 aliphatic heterocycles. The standard InChI is InChI=1S/C21H16ClN3O3S/c1-28-19-10-7-14(13-17(19)22)15-8-9-18(21-16(15)5-4-12-24-21)25-29(26,27)20-6-2-3-11-23-20/h2-13,25H,1H3. The molecule has 0 fully saturated rings. The van der Waals surface area contributed by atoms with E-state index in [1.54, 1.807) is 49.7 Å². The number of anilines is 1. The third-order valence-electron chi connectivity index (χ3n) is 4.39. The number of aromatic nitrogens is 2. The highest BCUT2D eigenvalue weighted by Gasteiger charge is 2.18. The highest BCUT2D eigenvalue weighted by molar-refractivity contribution is 7.92. The van der Waals surface area contributed by atoms with Gasteiger partial charge >= 0.3 is 0 Å². The molecule has 0 saturated heterocycles. The van der Waals surface area contributed by atoms with Gasteiger partial charge in [0.05, 0.1) is 23.3 Å². The Bertz CT molecular complexity index is 1300. The van der Waals surface area contributed by atoms with Crippen molar-refractivity contribution in [3.05, 3.63) is 78.1 Å². The van der Waals surface area contributed by atoms with Crippen molar-refractivity contribution in [1.29, 1.82) is 0 Å². The van der Waals surface area contributed by atoms with Gasteiger partial charge in [-0.3, -0.25) is 9.71 Å². The average molecular weight is 426 g/mol. The Kier molecular flexibility index (Phi) is 5.08. The number of fused-ring (bicyclic) bond motifs is 1. The van der Waals surface area contributed by atoms with E-state index in [0.29, 0.717) is 22.0 Å². The van der Waals surface area contributed by atoms with Crippen LogP contribution in [-0.2, 0) is 10.0 Å². The zero-order chi connectivity index (χ0) is 20.4. The number of nitrogens with one attached hydrogen (secondary N) is 1. The van der Waals surface area contributed by atoms with E-state index in [1.165, 1.54) is 12.3 Å². The summed E-state index contributed by atoms with van der Waals surface area (Å²) in [6, 6.07) is 17.4. The van der Waals surface area contributed by atoms with Crippen LogP contribution < -0.4 is 9.46 Å². The highest BCUT2D eigenvalue weighted by Crippen LogP contribution is 2.36. The van der Waals surface area contributed by atoms with Crippen LogP contribution in [-0.4, -0.2) is 25.5 Å². The normalized spacial score (nSPS) is 11.4. The molecule has 4 aromatic rings. The van der Waals surface area contributed by atoms with Gasteiger partial charge in [0, 0.05) is 17.8 Å². The smallest absolute Gasteiger partial charge is 0.279 e. The summed E-state index contributed by atoms with van der Waals surface area (Å²) in [5.41, 5.74) is 2.64. The van der Waals surface area contributed by atoms with Crippen LogP contribution in [0.3, 0.4) is 0 Å². The van der Waals surface area contributed by atoms with E-state index >= 15 is 0 Å². The molecule has 146 valence electrons. The fraction of sp³-hybridized carbons (Fsp3) is 0.0476. The number of pyridine rings is 2. The van der Waals surface area contributed by atoms with E-state index in [2.05, 4.69) is 14.7 Å². The number of benzene rings is 2. The third kappa shape index (κ3) is 3.74. The molecule has 2 heterocycles. The van der Waals surface area contributed by atoms with Crippen molar-refractivity contribution in [2.24, 2.45) is 0 Å². The van der Waals surface area contributed by atoms with Gasteiger partial charge in [0.25, 0.3) is 10.0 Å². The quantitative estimate of drug-likeness (QED) is 0.498. The first kappa shape index (κ1) is 19.2. The fourth-order valence-corrected chi connectivity index (χ4v) is 4.32. The summed E-state index contributed by atoms with van der Waals surface area (Å²) >= 11 is 6.28. The van der Waals surface area contributed by atoms with Crippen molar-refractivity contribution in [3.63, 3.8) is 0 Å². The molecular weight excluding hydrogens is 410 g/mol. The van der Waals surface area contributed by atoms with Gasteiger partial charge in [-0.15, -0.1) is 0 Å². The number of hydrogen-bond acceptors (Lipinski definition) is 5. The van der Waals surface area contributed by atoms with Crippen LogP contribution in [0, 0.1) is 0 Å². The molecule has 0 radical (unpaired) electrons. The summed E-state index contributed by atoms with van der Waals surface area (Å²) in [7, 11) is -2.28. The Balaban J connectivity index is 1.82. The van der Waals surface area contributed by atoms with Crippen LogP contribution in [0.25, 0.3) is 22.0 Å². The van der Waals surface area contributed by atoms with Crippen LogP contribution >= 0.6 is 11.6 Å². The SMILES string of the molecule is COc1ccc(-c2ccc(NS(=O)(=O)c3ccccn3)c3ncccc23)cc1Cl. The zero-order valence-corrected chi connectivity index (χ0v) is 16.9. The Morgan fingerprint density at radius 1 is 0.966 bits per heavy atom. The minimum atomic E-state index is -3.84. The molecular formula is C21H16ClN3O3S. The molecule has 0 amide bonds. The van der Waals surface area contributed by atoms with Gasteiger partial charge in [0.2, 0.25) is 0 Å². The van der Waals surface area contributed by atoms with E-state index in [0.717, 1.165) is 16.5 Å². The minimum absolute atomic E-state index is 0.0601. The van der Waals surface area contributed by atoms with E-state index in [-0.39, 0.29) is 5.03 Å². The molecule has 0 saturated carbocycles. The molecule has 0 aliphatic rings. The summed E-state index contributed by atoms with van der Waals surface area (Å²) in [5.74, 6) is 0.581. The lowest BCUT2D eigenvalue weighted by Crippen LogP contribution is -2.14. The molecule has 2 aromatic carbocycles. The van der Waals surface area contributed by atoms with Gasteiger partial charge in [-0.05, 0) is 47.5 Å². The van der Waals surface area contributed by atoms with Crippen molar-refractivity contribution in [1.82, 2.24) is 9.97 Å². The second-order valence-electron chi connectivity index (χ2n) is 6.18. The molecule has 29 heavy (non-hydrogen) atoms. The van der Waals surface area contributed by atoms with Crippen LogP contribution in [0.4, 0.5) is 5.69 Å². The molecule has 0 atom stereocenters. The van der Waals surface area contributed by atoms with Gasteiger partial charge in [-0.25, -0.2) is 4.98 Å². The molecule has 0 unspecified atom stereocenters. The maximum absolute atomic E-state index is 12.7. The second-order valence-corrected chi connectivity index (χ2v) is 8.22. The molecule has 8 heteroatoms. The van der Waals surface area contributed by atoms with Gasteiger partial charge in [0.15, 0.2) is 5.03 Å². The minimum Gasteiger partial charge on any atom is -0.495 e. The van der Waals surface area contributed by atoms with Crippen LogP contribution in [0.5, 0.6) is 5.75 Å². The van der Waals surface area contributed by atoms with Gasteiger partial charge in [-0.2, -0.15) is 8.42 Å². The summed E-state index contributed by atoms with van der Waals surface area (Å²) in [6.45, 7) is 0. The van der Waals surface area contributed by atoms with E-state index in [9.17, 15) is 8.42 Å². The van der Waals surface area contributed by atoms with Crippen molar-refractivity contribution in [3.8, 4) is 16.9 Å². The maximum Gasteiger partial charge on any atom is 0.279 e. The highest BCUT2D eigenvalue weighted by atomic mass is 35.5. The van der Waals surface area contributed by atoms with E-state index < -0.39 is 10.0 Å². The second kappa shape index (κ2) is 7.69. The lowest BCUT2D eigenvalue weighted by atomic mass is 10.00. The maximum atomic E-state index is 12.7. The Hall–Kier alpha value is -3.16. The first-order chi connectivity index (χ1) is 14.0. The molecule has 2 aromatic heterocycles. The van der Waals surface area contributed by atoms with Crippen LogP contribution in [0.1, 0.15) is 0 Å². The summed E-state index contributed by atoms with van der Waals surface area (Å²) in [6.07, 6.45) is 3.05. The largest absolute Gasteiger partial charge is 0.495 e. The summed E-state index contributed by atoms with van der Waals surface area (Å²) < 4.78 is 33.2. The van der Waals surface area contributed by atoms with Crippen molar-refractivity contribution < 1.29 is 13.2 Å². The lowest BCUT2D eigenvalue weighted by molar-refractivity contribution is 0.415. The van der Waals surface area contributed by atoms with Crippen LogP contribution in [0.15, 0.2) is 78.1 Å².